The molecule has 0 radical (unpaired) electrons. The summed E-state index contributed by atoms with van der Waals surface area (Å²) >= 11 is 0. The number of hydrogen-bond acceptors (Lipinski definition) is 5. The van der Waals surface area contributed by atoms with E-state index in [9.17, 15) is 0 Å². The first kappa shape index (κ1) is 13.8. The van der Waals surface area contributed by atoms with Gasteiger partial charge in [-0.3, -0.25) is 0 Å². The Morgan fingerprint density at radius 3 is 2.65 bits per heavy atom. The lowest BCUT2D eigenvalue weighted by atomic mass is 9.97. The quantitative estimate of drug-likeness (QED) is 0.871. The maximum absolute atomic E-state index is 5.76. The van der Waals surface area contributed by atoms with Gasteiger partial charge < -0.3 is 15.5 Å². The van der Waals surface area contributed by atoms with Crippen LogP contribution < -0.4 is 10.6 Å². The summed E-state index contributed by atoms with van der Waals surface area (Å²) < 4.78 is 0. The zero-order valence-corrected chi connectivity index (χ0v) is 12.6. The van der Waals surface area contributed by atoms with Crippen molar-refractivity contribution in [2.24, 2.45) is 11.7 Å². The number of rotatable bonds is 2. The van der Waals surface area contributed by atoms with Crippen molar-refractivity contribution in [3.63, 3.8) is 0 Å². The highest BCUT2D eigenvalue weighted by Gasteiger charge is 2.23. The number of aromatic nitrogens is 2. The maximum atomic E-state index is 5.76. The molecule has 0 bridgehead atoms. The summed E-state index contributed by atoms with van der Waals surface area (Å²) in [6.07, 6.45) is 3.37. The van der Waals surface area contributed by atoms with Gasteiger partial charge in [0.05, 0.1) is 5.69 Å². The Morgan fingerprint density at radius 2 is 1.95 bits per heavy atom. The summed E-state index contributed by atoms with van der Waals surface area (Å²) in [4.78, 5) is 14.3. The Balaban J connectivity index is 1.80. The van der Waals surface area contributed by atoms with E-state index in [1.54, 1.807) is 0 Å². The van der Waals surface area contributed by atoms with Gasteiger partial charge in [-0.15, -0.1) is 0 Å². The predicted octanol–water partition coefficient (Wildman–Crippen LogP) is 0.948. The molecule has 1 fully saturated rings. The molecular formula is C15H25N5. The van der Waals surface area contributed by atoms with E-state index in [0.717, 1.165) is 50.8 Å². The standard InChI is InChI=1S/C15H25N5/c1-11-13-10-19(2)6-5-14(13)18-15(17-11)20-7-3-12(9-16)4-8-20/h12H,3-10,16H2,1-2H3. The Labute approximate surface area is 121 Å². The number of hydrogen-bond donors (Lipinski definition) is 1. The third-order valence-corrected chi connectivity index (χ3v) is 4.68. The first-order valence-electron chi connectivity index (χ1n) is 7.67. The van der Waals surface area contributed by atoms with Crippen LogP contribution in [0.15, 0.2) is 0 Å². The van der Waals surface area contributed by atoms with Crippen molar-refractivity contribution >= 4 is 5.95 Å². The minimum atomic E-state index is 0.679. The van der Waals surface area contributed by atoms with Crippen molar-refractivity contribution in [3.8, 4) is 0 Å². The van der Waals surface area contributed by atoms with E-state index in [-0.39, 0.29) is 0 Å². The van der Waals surface area contributed by atoms with Crippen LogP contribution in [-0.4, -0.2) is 48.1 Å². The molecule has 5 nitrogen and oxygen atoms in total. The fraction of sp³-hybridized carbons (Fsp3) is 0.733. The second kappa shape index (κ2) is 5.66. The van der Waals surface area contributed by atoms with Crippen LogP contribution >= 0.6 is 0 Å². The second-order valence-corrected chi connectivity index (χ2v) is 6.19. The van der Waals surface area contributed by atoms with Crippen LogP contribution in [0.1, 0.15) is 29.8 Å². The highest BCUT2D eigenvalue weighted by atomic mass is 15.3. The number of nitrogens with zero attached hydrogens (tertiary/aromatic N) is 4. The molecule has 3 rings (SSSR count). The maximum Gasteiger partial charge on any atom is 0.225 e. The number of fused-ring (bicyclic) bond motifs is 1. The predicted molar refractivity (Wildman–Crippen MR) is 80.8 cm³/mol. The van der Waals surface area contributed by atoms with E-state index in [1.165, 1.54) is 24.1 Å². The largest absolute Gasteiger partial charge is 0.341 e. The molecule has 0 aliphatic carbocycles. The van der Waals surface area contributed by atoms with Crippen molar-refractivity contribution < 1.29 is 0 Å². The Bertz CT molecular complexity index is 479. The van der Waals surface area contributed by atoms with Gasteiger partial charge in [0.2, 0.25) is 5.95 Å². The molecule has 0 unspecified atom stereocenters. The van der Waals surface area contributed by atoms with Gasteiger partial charge in [0, 0.05) is 43.9 Å². The summed E-state index contributed by atoms with van der Waals surface area (Å²) in [5.41, 5.74) is 9.50. The van der Waals surface area contributed by atoms with Crippen LogP contribution in [-0.2, 0) is 13.0 Å². The van der Waals surface area contributed by atoms with Crippen molar-refractivity contribution in [3.05, 3.63) is 17.0 Å². The van der Waals surface area contributed by atoms with Crippen LogP contribution in [0.2, 0.25) is 0 Å². The van der Waals surface area contributed by atoms with E-state index in [1.807, 2.05) is 0 Å². The third-order valence-electron chi connectivity index (χ3n) is 4.68. The Morgan fingerprint density at radius 1 is 1.20 bits per heavy atom. The number of aryl methyl sites for hydroxylation is 1. The summed E-state index contributed by atoms with van der Waals surface area (Å²) in [5, 5.41) is 0. The molecule has 2 N–H and O–H groups in total. The average Bonchev–Trinajstić information content (AvgIpc) is 2.48. The molecule has 0 aromatic carbocycles. The number of anilines is 1. The van der Waals surface area contributed by atoms with Gasteiger partial charge in [0.25, 0.3) is 0 Å². The van der Waals surface area contributed by atoms with E-state index in [2.05, 4.69) is 23.8 Å². The van der Waals surface area contributed by atoms with Crippen molar-refractivity contribution in [2.75, 3.05) is 38.1 Å². The minimum Gasteiger partial charge on any atom is -0.341 e. The molecule has 3 heterocycles. The van der Waals surface area contributed by atoms with Crippen LogP contribution in [0.5, 0.6) is 0 Å². The molecule has 20 heavy (non-hydrogen) atoms. The number of likely N-dealkylation sites (N-methyl/N-ethyl adjacent to an activating group) is 1. The van der Waals surface area contributed by atoms with Crippen molar-refractivity contribution in [2.45, 2.75) is 32.7 Å². The molecule has 110 valence electrons. The first-order valence-corrected chi connectivity index (χ1v) is 7.67. The van der Waals surface area contributed by atoms with Gasteiger partial charge in [-0.25, -0.2) is 9.97 Å². The van der Waals surface area contributed by atoms with Gasteiger partial charge in [-0.1, -0.05) is 0 Å². The molecular weight excluding hydrogens is 250 g/mol. The highest BCUT2D eigenvalue weighted by Crippen LogP contribution is 2.24. The number of piperidine rings is 1. The van der Waals surface area contributed by atoms with Gasteiger partial charge in [0.15, 0.2) is 0 Å². The zero-order valence-electron chi connectivity index (χ0n) is 12.6. The molecule has 5 heteroatoms. The van der Waals surface area contributed by atoms with Crippen LogP contribution in [0.4, 0.5) is 5.95 Å². The van der Waals surface area contributed by atoms with E-state index in [4.69, 9.17) is 15.7 Å². The molecule has 0 amide bonds. The van der Waals surface area contributed by atoms with Crippen LogP contribution in [0, 0.1) is 12.8 Å². The van der Waals surface area contributed by atoms with E-state index < -0.39 is 0 Å². The molecule has 0 atom stereocenters. The third kappa shape index (κ3) is 2.65. The van der Waals surface area contributed by atoms with Crippen molar-refractivity contribution in [1.29, 1.82) is 0 Å². The minimum absolute atomic E-state index is 0.679. The fourth-order valence-electron chi connectivity index (χ4n) is 3.21. The molecule has 1 aromatic heterocycles. The van der Waals surface area contributed by atoms with Gasteiger partial charge in [-0.05, 0) is 39.3 Å². The smallest absolute Gasteiger partial charge is 0.225 e. The van der Waals surface area contributed by atoms with Crippen LogP contribution in [0.3, 0.4) is 0 Å². The highest BCUT2D eigenvalue weighted by molar-refractivity contribution is 5.38. The van der Waals surface area contributed by atoms with Gasteiger partial charge in [-0.2, -0.15) is 0 Å². The zero-order chi connectivity index (χ0) is 14.1. The fourth-order valence-corrected chi connectivity index (χ4v) is 3.21. The lowest BCUT2D eigenvalue weighted by Gasteiger charge is -2.33. The average molecular weight is 275 g/mol. The summed E-state index contributed by atoms with van der Waals surface area (Å²) in [6.45, 7) is 7.09. The molecule has 0 spiro atoms. The van der Waals surface area contributed by atoms with Gasteiger partial charge in [0.1, 0.15) is 0 Å². The molecule has 1 saturated heterocycles. The molecule has 2 aliphatic heterocycles. The number of nitrogens with two attached hydrogens (primary N) is 1. The lowest BCUT2D eigenvalue weighted by Crippen LogP contribution is -2.38. The molecule has 0 saturated carbocycles. The topological polar surface area (TPSA) is 58.3 Å². The van der Waals surface area contributed by atoms with E-state index in [0.29, 0.717) is 5.92 Å². The SMILES string of the molecule is Cc1nc(N2CCC(CN)CC2)nc2c1CN(C)CC2. The molecule has 1 aromatic rings. The van der Waals surface area contributed by atoms with Gasteiger partial charge >= 0.3 is 0 Å². The lowest BCUT2D eigenvalue weighted by molar-refractivity contribution is 0.307. The molecule has 2 aliphatic rings. The summed E-state index contributed by atoms with van der Waals surface area (Å²) in [6, 6.07) is 0. The van der Waals surface area contributed by atoms with E-state index >= 15 is 0 Å². The Kier molecular flexibility index (Phi) is 3.89. The second-order valence-electron chi connectivity index (χ2n) is 6.19. The normalized spacial score (nSPS) is 21.1. The summed E-state index contributed by atoms with van der Waals surface area (Å²) in [5.74, 6) is 1.61. The first-order chi connectivity index (χ1) is 9.67. The summed E-state index contributed by atoms with van der Waals surface area (Å²) in [7, 11) is 2.16. The Hall–Kier alpha value is -1.20. The monoisotopic (exact) mass is 275 g/mol. The van der Waals surface area contributed by atoms with Crippen molar-refractivity contribution in [1.82, 2.24) is 14.9 Å². The van der Waals surface area contributed by atoms with Crippen LogP contribution in [0.25, 0.3) is 0 Å².